The molecular weight excluding hydrogens is 385 g/mol. The molecule has 0 atom stereocenters. The van der Waals surface area contributed by atoms with E-state index < -0.39 is 17.7 Å². The number of hydrogen-bond donors (Lipinski definition) is 1. The molecule has 0 saturated carbocycles. The molecule has 0 aliphatic carbocycles. The van der Waals surface area contributed by atoms with Gasteiger partial charge in [0, 0.05) is 9.35 Å². The minimum Gasteiger partial charge on any atom is -0.462 e. The number of esters is 1. The number of rotatable bonds is 4. The van der Waals surface area contributed by atoms with Crippen molar-refractivity contribution in [3.05, 3.63) is 50.1 Å². The minimum absolute atomic E-state index is 0.254. The van der Waals surface area contributed by atoms with Gasteiger partial charge in [0.2, 0.25) is 0 Å². The van der Waals surface area contributed by atoms with E-state index in [1.54, 1.807) is 6.92 Å². The highest BCUT2D eigenvalue weighted by atomic mass is 79.9. The van der Waals surface area contributed by atoms with Gasteiger partial charge in [-0.3, -0.25) is 4.79 Å². The van der Waals surface area contributed by atoms with Crippen molar-refractivity contribution in [3.63, 3.8) is 0 Å². The molecule has 0 saturated heterocycles. The lowest BCUT2D eigenvalue weighted by Gasteiger charge is -2.08. The number of carbonyl (C=O) groups excluding carboxylic acids is 2. The van der Waals surface area contributed by atoms with Gasteiger partial charge in [-0.15, -0.1) is 11.3 Å². The van der Waals surface area contributed by atoms with E-state index >= 15 is 0 Å². The molecule has 0 aliphatic heterocycles. The fourth-order valence-electron chi connectivity index (χ4n) is 2.01. The molecule has 2 aromatic rings. The standard InChI is InChI=1S/C16H15BrFNO3S/c1-4-22-16(21)13-8(2)9(3)23-15(13)19-14(20)11-6-5-10(18)7-12(11)17/h5-7H,4H2,1-3H3,(H,19,20). The van der Waals surface area contributed by atoms with Crippen LogP contribution in [0.3, 0.4) is 0 Å². The lowest BCUT2D eigenvalue weighted by atomic mass is 10.1. The molecule has 0 radical (unpaired) electrons. The Morgan fingerprint density at radius 3 is 2.65 bits per heavy atom. The number of anilines is 1. The van der Waals surface area contributed by atoms with Crippen molar-refractivity contribution in [2.45, 2.75) is 20.8 Å². The van der Waals surface area contributed by atoms with E-state index in [9.17, 15) is 14.0 Å². The molecule has 0 aliphatic rings. The summed E-state index contributed by atoms with van der Waals surface area (Å²) in [6.07, 6.45) is 0. The van der Waals surface area contributed by atoms with Crippen molar-refractivity contribution in [1.82, 2.24) is 0 Å². The highest BCUT2D eigenvalue weighted by molar-refractivity contribution is 9.10. The van der Waals surface area contributed by atoms with E-state index in [1.807, 2.05) is 13.8 Å². The Kier molecular flexibility index (Phi) is 5.54. The monoisotopic (exact) mass is 399 g/mol. The number of hydrogen-bond acceptors (Lipinski definition) is 4. The number of aryl methyl sites for hydroxylation is 1. The van der Waals surface area contributed by atoms with Crippen LogP contribution < -0.4 is 5.32 Å². The van der Waals surface area contributed by atoms with Gasteiger partial charge >= 0.3 is 5.97 Å². The molecule has 2 rings (SSSR count). The van der Waals surface area contributed by atoms with Gasteiger partial charge < -0.3 is 10.1 Å². The maximum Gasteiger partial charge on any atom is 0.341 e. The van der Waals surface area contributed by atoms with Crippen molar-refractivity contribution in [3.8, 4) is 0 Å². The van der Waals surface area contributed by atoms with Crippen LogP contribution in [-0.2, 0) is 4.74 Å². The molecule has 0 bridgehead atoms. The van der Waals surface area contributed by atoms with Crippen molar-refractivity contribution < 1.29 is 18.7 Å². The average molecular weight is 400 g/mol. The van der Waals surface area contributed by atoms with Crippen LogP contribution in [0, 0.1) is 19.7 Å². The maximum absolute atomic E-state index is 13.1. The molecule has 7 heteroatoms. The van der Waals surface area contributed by atoms with Crippen molar-refractivity contribution in [2.24, 2.45) is 0 Å². The minimum atomic E-state index is -0.470. The van der Waals surface area contributed by atoms with Gasteiger partial charge in [0.05, 0.1) is 17.7 Å². The van der Waals surface area contributed by atoms with E-state index in [2.05, 4.69) is 21.2 Å². The van der Waals surface area contributed by atoms with Crippen LogP contribution in [0.5, 0.6) is 0 Å². The summed E-state index contributed by atoms with van der Waals surface area (Å²) in [4.78, 5) is 25.4. The quantitative estimate of drug-likeness (QED) is 0.758. The third-order valence-electron chi connectivity index (χ3n) is 3.27. The third-order valence-corrected chi connectivity index (χ3v) is 5.05. The van der Waals surface area contributed by atoms with Crippen molar-refractivity contribution in [2.75, 3.05) is 11.9 Å². The highest BCUT2D eigenvalue weighted by Gasteiger charge is 2.23. The number of nitrogens with one attached hydrogen (secondary N) is 1. The highest BCUT2D eigenvalue weighted by Crippen LogP contribution is 2.33. The van der Waals surface area contributed by atoms with Crippen LogP contribution in [0.15, 0.2) is 22.7 Å². The molecule has 1 aromatic carbocycles. The smallest absolute Gasteiger partial charge is 0.341 e. The fourth-order valence-corrected chi connectivity index (χ4v) is 3.58. The normalized spacial score (nSPS) is 10.5. The molecule has 1 amide bonds. The molecule has 1 heterocycles. The van der Waals surface area contributed by atoms with Crippen LogP contribution in [0.4, 0.5) is 9.39 Å². The van der Waals surface area contributed by atoms with Gasteiger partial charge in [-0.1, -0.05) is 0 Å². The molecule has 0 fully saturated rings. The zero-order valence-electron chi connectivity index (χ0n) is 12.8. The molecule has 0 unspecified atom stereocenters. The van der Waals surface area contributed by atoms with E-state index in [0.29, 0.717) is 15.0 Å². The van der Waals surface area contributed by atoms with E-state index in [0.717, 1.165) is 10.4 Å². The van der Waals surface area contributed by atoms with E-state index in [-0.39, 0.29) is 12.2 Å². The van der Waals surface area contributed by atoms with Crippen LogP contribution in [0.1, 0.15) is 38.1 Å². The van der Waals surface area contributed by atoms with Gasteiger partial charge in [-0.05, 0) is 60.5 Å². The van der Waals surface area contributed by atoms with E-state index in [4.69, 9.17) is 4.74 Å². The molecule has 122 valence electrons. The average Bonchev–Trinajstić information content (AvgIpc) is 2.73. The Morgan fingerprint density at radius 2 is 2.04 bits per heavy atom. The van der Waals surface area contributed by atoms with Crippen LogP contribution in [-0.4, -0.2) is 18.5 Å². The predicted molar refractivity (Wildman–Crippen MR) is 91.8 cm³/mol. The molecule has 0 spiro atoms. The largest absolute Gasteiger partial charge is 0.462 e. The zero-order valence-corrected chi connectivity index (χ0v) is 15.2. The first-order chi connectivity index (χ1) is 10.8. The summed E-state index contributed by atoms with van der Waals surface area (Å²) in [6.45, 7) is 5.65. The first-order valence-corrected chi connectivity index (χ1v) is 8.49. The third kappa shape index (κ3) is 3.79. The van der Waals surface area contributed by atoms with Gasteiger partial charge in [-0.25, -0.2) is 9.18 Å². The van der Waals surface area contributed by atoms with Crippen LogP contribution in [0.25, 0.3) is 0 Å². The van der Waals surface area contributed by atoms with E-state index in [1.165, 1.54) is 29.5 Å². The summed E-state index contributed by atoms with van der Waals surface area (Å²) in [6, 6.07) is 3.80. The summed E-state index contributed by atoms with van der Waals surface area (Å²) in [5.74, 6) is -1.34. The number of ether oxygens (including phenoxy) is 1. The number of thiophene rings is 1. The second-order valence-electron chi connectivity index (χ2n) is 4.79. The number of carbonyl (C=O) groups is 2. The second kappa shape index (κ2) is 7.23. The predicted octanol–water partition coefficient (Wildman–Crippen LogP) is 4.70. The summed E-state index contributed by atoms with van der Waals surface area (Å²) in [5.41, 5.74) is 1.42. The summed E-state index contributed by atoms with van der Waals surface area (Å²) in [5, 5.41) is 3.14. The zero-order chi connectivity index (χ0) is 17.1. The van der Waals surface area contributed by atoms with Crippen molar-refractivity contribution in [1.29, 1.82) is 0 Å². The van der Waals surface area contributed by atoms with Gasteiger partial charge in [-0.2, -0.15) is 0 Å². The maximum atomic E-state index is 13.1. The Hall–Kier alpha value is -1.73. The summed E-state index contributed by atoms with van der Waals surface area (Å²) >= 11 is 4.47. The first-order valence-electron chi connectivity index (χ1n) is 6.88. The number of amides is 1. The van der Waals surface area contributed by atoms with Gasteiger partial charge in [0.25, 0.3) is 5.91 Å². The Labute approximate surface area is 145 Å². The number of benzene rings is 1. The Morgan fingerprint density at radius 1 is 1.35 bits per heavy atom. The van der Waals surface area contributed by atoms with Crippen LogP contribution >= 0.6 is 27.3 Å². The fraction of sp³-hybridized carbons (Fsp3) is 0.250. The Bertz CT molecular complexity index is 773. The first kappa shape index (κ1) is 17.6. The van der Waals surface area contributed by atoms with Gasteiger partial charge in [0.1, 0.15) is 10.8 Å². The van der Waals surface area contributed by atoms with Gasteiger partial charge in [0.15, 0.2) is 0 Å². The summed E-state index contributed by atoms with van der Waals surface area (Å²) in [7, 11) is 0. The summed E-state index contributed by atoms with van der Waals surface area (Å²) < 4.78 is 18.5. The lowest BCUT2D eigenvalue weighted by molar-refractivity contribution is 0.0527. The molecular formula is C16H15BrFNO3S. The Balaban J connectivity index is 2.34. The molecule has 4 nitrogen and oxygen atoms in total. The van der Waals surface area contributed by atoms with Crippen molar-refractivity contribution >= 4 is 44.1 Å². The molecule has 1 aromatic heterocycles. The lowest BCUT2D eigenvalue weighted by Crippen LogP contribution is -2.15. The SMILES string of the molecule is CCOC(=O)c1c(NC(=O)c2ccc(F)cc2Br)sc(C)c1C. The molecule has 23 heavy (non-hydrogen) atoms. The number of halogens is 2. The second-order valence-corrected chi connectivity index (χ2v) is 6.87. The molecule has 1 N–H and O–H groups in total. The van der Waals surface area contributed by atoms with Crippen LogP contribution in [0.2, 0.25) is 0 Å². The topological polar surface area (TPSA) is 55.4 Å².